The summed E-state index contributed by atoms with van der Waals surface area (Å²) >= 11 is 2.84. The maximum absolute atomic E-state index is 13.6. The van der Waals surface area contributed by atoms with Crippen LogP contribution < -0.4 is 30.7 Å². The van der Waals surface area contributed by atoms with E-state index in [9.17, 15) is 23.5 Å². The van der Waals surface area contributed by atoms with Gasteiger partial charge in [0.15, 0.2) is 0 Å². The number of amides is 2. The van der Waals surface area contributed by atoms with E-state index in [2.05, 4.69) is 40.0 Å². The van der Waals surface area contributed by atoms with E-state index in [4.69, 9.17) is 26.5 Å². The Balaban J connectivity index is 0.000000177. The maximum Gasteiger partial charge on any atom is 0.226 e. The smallest absolute Gasteiger partial charge is 0.226 e. The van der Waals surface area contributed by atoms with Gasteiger partial charge in [-0.3, -0.25) is 9.59 Å². The number of hydrogen-bond donors (Lipinski definition) is 3. The van der Waals surface area contributed by atoms with E-state index >= 15 is 0 Å². The minimum atomic E-state index is -0.861. The largest absolute Gasteiger partial charge is 0.496 e. The summed E-state index contributed by atoms with van der Waals surface area (Å²) in [5, 5.41) is 24.0. The number of carbonyl (C=O) groups excluding carboxylic acids is 2. The molecule has 0 aliphatic carbocycles. The van der Waals surface area contributed by atoms with Gasteiger partial charge in [0.05, 0.1) is 55.4 Å². The summed E-state index contributed by atoms with van der Waals surface area (Å²) < 4.78 is 41.1. The van der Waals surface area contributed by atoms with E-state index in [0.29, 0.717) is 95.8 Å². The number of anilines is 2. The number of aliphatic hydroxyl groups is 1. The van der Waals surface area contributed by atoms with Gasteiger partial charge in [0.2, 0.25) is 32.0 Å². The molecule has 6 heterocycles. The number of imidazole rings is 2. The van der Waals surface area contributed by atoms with Crippen LogP contribution in [-0.4, -0.2) is 99.7 Å². The van der Waals surface area contributed by atoms with Gasteiger partial charge in [0.1, 0.15) is 23.1 Å². The number of nitrogens with two attached hydrogens (primary N) is 2. The van der Waals surface area contributed by atoms with Gasteiger partial charge in [0, 0.05) is 60.9 Å². The average molecular weight is 836 g/mol. The van der Waals surface area contributed by atoms with Crippen LogP contribution >= 0.6 is 22.7 Å². The highest BCUT2D eigenvalue weighted by Crippen LogP contribution is 2.39. The number of fused-ring (bicyclic) bond motifs is 2. The zero-order valence-electron chi connectivity index (χ0n) is 31.4. The van der Waals surface area contributed by atoms with Crippen LogP contribution in [0.1, 0.15) is 25.7 Å². The Kier molecular flexibility index (Phi) is 11.4. The molecule has 2 aliphatic heterocycles. The number of piperidine rings is 2. The summed E-state index contributed by atoms with van der Waals surface area (Å²) in [7, 11) is 2.97. The van der Waals surface area contributed by atoms with E-state index in [1.54, 1.807) is 33.6 Å². The fourth-order valence-corrected chi connectivity index (χ4v) is 8.98. The van der Waals surface area contributed by atoms with Crippen LogP contribution in [0, 0.1) is 22.5 Å². The quantitative estimate of drug-likeness (QED) is 0.0921. The third kappa shape index (κ3) is 7.53. The molecular weight excluding hydrogens is 797 g/mol. The van der Waals surface area contributed by atoms with Crippen molar-refractivity contribution in [3.05, 3.63) is 70.9 Å². The summed E-state index contributed by atoms with van der Waals surface area (Å²) in [6.45, 7) is 2.05. The number of benzene rings is 2. The molecule has 304 valence electrons. The Morgan fingerprint density at radius 3 is 1.62 bits per heavy atom. The molecule has 18 nitrogen and oxygen atoms in total. The molecule has 2 fully saturated rings. The number of primary amides is 2. The molecule has 0 bridgehead atoms. The van der Waals surface area contributed by atoms with Crippen molar-refractivity contribution < 1.29 is 33.0 Å². The zero-order valence-corrected chi connectivity index (χ0v) is 33.0. The van der Waals surface area contributed by atoms with Crippen molar-refractivity contribution >= 4 is 54.7 Å². The van der Waals surface area contributed by atoms with Gasteiger partial charge in [-0.2, -0.15) is 0 Å². The van der Waals surface area contributed by atoms with Gasteiger partial charge in [-0.1, -0.05) is 27.8 Å². The molecule has 0 atom stereocenters. The van der Waals surface area contributed by atoms with Gasteiger partial charge in [-0.05, 0) is 55.5 Å². The lowest BCUT2D eigenvalue weighted by atomic mass is 9.78. The van der Waals surface area contributed by atoms with E-state index in [1.165, 1.54) is 61.2 Å². The normalized spacial score (nSPS) is 16.1. The highest BCUT2D eigenvalue weighted by Gasteiger charge is 2.41. The predicted octanol–water partition coefficient (Wildman–Crippen LogP) is 4.66. The number of carbonyl (C=O) groups is 2. The SMILES string of the molecule is COc1cc(F)ccc1-c1cnc2sc(N3CCC(CN=[N+]=[N-])(C(N)=O)CC3)nn12.COc1cc(F)ccc1-c1cnc2sc(N3CCC(CO)(C(N)=O)CC3)nn12. The molecule has 2 saturated heterocycles. The lowest BCUT2D eigenvalue weighted by molar-refractivity contribution is -0.131. The Morgan fingerprint density at radius 2 is 1.24 bits per heavy atom. The Bertz CT molecular complexity index is 2510. The highest BCUT2D eigenvalue weighted by molar-refractivity contribution is 7.20. The Labute approximate surface area is 337 Å². The number of azide groups is 1. The van der Waals surface area contributed by atoms with Crippen molar-refractivity contribution in [2.45, 2.75) is 25.7 Å². The van der Waals surface area contributed by atoms with Crippen LogP contribution in [0.25, 0.3) is 42.9 Å². The fourth-order valence-electron chi connectivity index (χ4n) is 7.13. The van der Waals surface area contributed by atoms with Crippen LogP contribution in [0.4, 0.5) is 19.0 Å². The number of aromatic nitrogens is 6. The molecule has 2 aromatic carbocycles. The number of nitrogens with zero attached hydrogens (tertiary/aromatic N) is 11. The second kappa shape index (κ2) is 16.4. The first-order chi connectivity index (χ1) is 27.9. The number of aliphatic hydroxyl groups excluding tert-OH is 1. The monoisotopic (exact) mass is 835 g/mol. The predicted molar refractivity (Wildman–Crippen MR) is 213 cm³/mol. The van der Waals surface area contributed by atoms with Crippen LogP contribution in [0.15, 0.2) is 53.9 Å². The number of hydrogen-bond acceptors (Lipinski definition) is 14. The molecule has 5 N–H and O–H groups in total. The molecule has 8 rings (SSSR count). The standard InChI is InChI=1S/C18H19FN8O2S.C18H20FN5O3S/c1-29-14-8-11(19)2-3-12(14)13-9-22-16-27(13)24-17(30-16)26-6-4-18(5-7-26,15(20)28)10-23-25-21;1-27-14-8-11(19)2-3-12(14)13-9-21-16-24(13)22-17(28-16)23-6-4-18(10-25,5-7-23)15(20)26/h2-3,8-9H,4-7,10H2,1H3,(H2,20,28);2-3,8-9,25H,4-7,10H2,1H3,(H2,20,26). The van der Waals surface area contributed by atoms with Crippen molar-refractivity contribution in [1.82, 2.24) is 29.2 Å². The number of halogens is 2. The van der Waals surface area contributed by atoms with Crippen molar-refractivity contribution in [3.8, 4) is 34.0 Å². The topological polar surface area (TPSA) is 240 Å². The summed E-state index contributed by atoms with van der Waals surface area (Å²) in [6, 6.07) is 8.65. The molecular formula is C36H39F2N13O5S2. The number of ether oxygens (including phenoxy) is 2. The summed E-state index contributed by atoms with van der Waals surface area (Å²) in [6.07, 6.45) is 5.24. The lowest BCUT2D eigenvalue weighted by Gasteiger charge is -2.38. The second-order valence-corrected chi connectivity index (χ2v) is 15.8. The average Bonchev–Trinajstić information content (AvgIpc) is 4.03. The van der Waals surface area contributed by atoms with E-state index in [1.807, 2.05) is 0 Å². The van der Waals surface area contributed by atoms with E-state index in [0.717, 1.165) is 10.3 Å². The van der Waals surface area contributed by atoms with Crippen molar-refractivity contribution in [2.24, 2.45) is 27.4 Å². The molecule has 0 radical (unpaired) electrons. The molecule has 4 aromatic heterocycles. The molecule has 22 heteroatoms. The summed E-state index contributed by atoms with van der Waals surface area (Å²) in [5.74, 6) is -0.877. The Hall–Kier alpha value is -6.09. The van der Waals surface area contributed by atoms with Gasteiger partial charge in [-0.25, -0.2) is 27.8 Å². The number of rotatable bonds is 11. The fraction of sp³-hybridized carbons (Fsp3) is 0.389. The molecule has 58 heavy (non-hydrogen) atoms. The highest BCUT2D eigenvalue weighted by atomic mass is 32.1. The van der Waals surface area contributed by atoms with Crippen molar-refractivity contribution in [3.63, 3.8) is 0 Å². The lowest BCUT2D eigenvalue weighted by Crippen LogP contribution is -2.49. The van der Waals surface area contributed by atoms with Gasteiger partial charge in [-0.15, -0.1) is 10.2 Å². The van der Waals surface area contributed by atoms with Gasteiger partial charge < -0.3 is 35.8 Å². The summed E-state index contributed by atoms with van der Waals surface area (Å²) in [4.78, 5) is 40.8. The third-order valence-corrected chi connectivity index (χ3v) is 12.8. The molecule has 0 spiro atoms. The zero-order chi connectivity index (χ0) is 41.2. The Morgan fingerprint density at radius 1 is 0.810 bits per heavy atom. The second-order valence-electron chi connectivity index (χ2n) is 13.9. The minimum Gasteiger partial charge on any atom is -0.496 e. The van der Waals surface area contributed by atoms with Crippen LogP contribution in [0.5, 0.6) is 11.5 Å². The van der Waals surface area contributed by atoms with E-state index < -0.39 is 22.6 Å². The molecule has 2 aliphatic rings. The molecule has 6 aromatic rings. The van der Waals surface area contributed by atoms with Gasteiger partial charge >= 0.3 is 0 Å². The van der Waals surface area contributed by atoms with Crippen LogP contribution in [0.3, 0.4) is 0 Å². The molecule has 0 unspecified atom stereocenters. The minimum absolute atomic E-state index is 0.0579. The maximum atomic E-state index is 13.6. The summed E-state index contributed by atoms with van der Waals surface area (Å²) in [5.41, 5.74) is 20.8. The van der Waals surface area contributed by atoms with Crippen molar-refractivity contribution in [2.75, 3.05) is 63.4 Å². The molecule has 2 amide bonds. The van der Waals surface area contributed by atoms with Crippen LogP contribution in [-0.2, 0) is 9.59 Å². The molecule has 0 saturated carbocycles. The van der Waals surface area contributed by atoms with Crippen molar-refractivity contribution in [1.29, 1.82) is 0 Å². The van der Waals surface area contributed by atoms with E-state index in [-0.39, 0.29) is 24.8 Å². The first kappa shape index (κ1) is 40.1. The number of methoxy groups -OCH3 is 2. The first-order valence-corrected chi connectivity index (χ1v) is 19.7. The first-order valence-electron chi connectivity index (χ1n) is 18.0. The third-order valence-electron chi connectivity index (χ3n) is 10.8. The van der Waals surface area contributed by atoms with Crippen LogP contribution in [0.2, 0.25) is 0 Å². The van der Waals surface area contributed by atoms with Gasteiger partial charge in [0.25, 0.3) is 0 Å².